The Kier molecular flexibility index (Phi) is 4.05. The van der Waals surface area contributed by atoms with Gasteiger partial charge in [-0.05, 0) is 47.1 Å². The van der Waals surface area contributed by atoms with Gasteiger partial charge in [-0.2, -0.15) is 0 Å². The van der Waals surface area contributed by atoms with Crippen LogP contribution in [0.5, 0.6) is 0 Å². The van der Waals surface area contributed by atoms with Crippen LogP contribution in [0.15, 0.2) is 0 Å². The molecule has 0 aromatic heterocycles. The second-order valence-electron chi connectivity index (χ2n) is 7.19. The van der Waals surface area contributed by atoms with Crippen molar-refractivity contribution < 1.29 is 4.74 Å². The molecule has 2 aliphatic rings. The summed E-state index contributed by atoms with van der Waals surface area (Å²) in [5.74, 6) is 0. The normalized spacial score (nSPS) is 35.8. The largest absolute Gasteiger partial charge is 0.367 e. The molecule has 18 heavy (non-hydrogen) atoms. The summed E-state index contributed by atoms with van der Waals surface area (Å²) in [6.45, 7) is 14.3. The van der Waals surface area contributed by atoms with Crippen LogP contribution in [0.3, 0.4) is 0 Å². The van der Waals surface area contributed by atoms with Crippen LogP contribution in [0.1, 0.15) is 53.9 Å². The van der Waals surface area contributed by atoms with Crippen molar-refractivity contribution in [1.29, 1.82) is 0 Å². The summed E-state index contributed by atoms with van der Waals surface area (Å²) in [7, 11) is 0. The molecule has 0 aromatic rings. The second-order valence-corrected chi connectivity index (χ2v) is 7.19. The molecule has 1 aliphatic carbocycles. The lowest BCUT2D eigenvalue weighted by Crippen LogP contribution is -2.62. The lowest BCUT2D eigenvalue weighted by atomic mass is 9.96. The molecule has 1 saturated heterocycles. The molecule has 1 heterocycles. The number of likely N-dealkylation sites (N-methyl/N-ethyl adjacent to an activating group) is 1. The average molecular weight is 254 g/mol. The highest BCUT2D eigenvalue weighted by Crippen LogP contribution is 2.33. The minimum Gasteiger partial charge on any atom is -0.367 e. The second kappa shape index (κ2) is 5.10. The van der Waals surface area contributed by atoms with Gasteiger partial charge in [0.05, 0.1) is 11.2 Å². The summed E-state index contributed by atoms with van der Waals surface area (Å²) in [6.07, 6.45) is 4.03. The zero-order valence-corrected chi connectivity index (χ0v) is 12.8. The van der Waals surface area contributed by atoms with Gasteiger partial charge in [-0.3, -0.25) is 4.90 Å². The van der Waals surface area contributed by atoms with Gasteiger partial charge in [0.1, 0.15) is 0 Å². The number of nitrogens with one attached hydrogen (secondary N) is 1. The van der Waals surface area contributed by atoms with Crippen molar-refractivity contribution in [2.24, 2.45) is 0 Å². The van der Waals surface area contributed by atoms with Crippen molar-refractivity contribution in [2.45, 2.75) is 77.2 Å². The molecule has 3 heteroatoms. The Balaban J connectivity index is 2.07. The van der Waals surface area contributed by atoms with Crippen molar-refractivity contribution in [2.75, 3.05) is 19.6 Å². The van der Waals surface area contributed by atoms with Crippen LogP contribution in [0.25, 0.3) is 0 Å². The van der Waals surface area contributed by atoms with E-state index in [1.807, 2.05) is 0 Å². The summed E-state index contributed by atoms with van der Waals surface area (Å²) in [5.41, 5.74) is -0.0534. The first-order chi connectivity index (χ1) is 8.33. The molecule has 0 aromatic carbocycles. The maximum atomic E-state index is 6.18. The summed E-state index contributed by atoms with van der Waals surface area (Å²) in [6, 6.07) is 1.38. The fraction of sp³-hybridized carbons (Fsp3) is 1.00. The molecule has 0 spiro atoms. The molecule has 2 rings (SSSR count). The van der Waals surface area contributed by atoms with Crippen LogP contribution >= 0.6 is 0 Å². The zero-order chi connectivity index (χ0) is 13.4. The van der Waals surface area contributed by atoms with E-state index in [4.69, 9.17) is 4.74 Å². The Morgan fingerprint density at radius 2 is 1.72 bits per heavy atom. The van der Waals surface area contributed by atoms with Crippen LogP contribution in [0.4, 0.5) is 0 Å². The van der Waals surface area contributed by atoms with E-state index in [2.05, 4.69) is 44.8 Å². The SMILES string of the molecule is CCNC1CCCC1N1CC(C)(C)OC(C)(C)C1. The van der Waals surface area contributed by atoms with E-state index in [1.165, 1.54) is 19.3 Å². The van der Waals surface area contributed by atoms with Crippen LogP contribution in [-0.4, -0.2) is 47.8 Å². The van der Waals surface area contributed by atoms with Crippen LogP contribution in [-0.2, 0) is 4.74 Å². The minimum atomic E-state index is -0.0267. The summed E-state index contributed by atoms with van der Waals surface area (Å²) in [4.78, 5) is 2.67. The van der Waals surface area contributed by atoms with Crippen molar-refractivity contribution in [3.63, 3.8) is 0 Å². The highest BCUT2D eigenvalue weighted by atomic mass is 16.5. The van der Waals surface area contributed by atoms with Gasteiger partial charge >= 0.3 is 0 Å². The molecule has 0 radical (unpaired) electrons. The first-order valence-corrected chi connectivity index (χ1v) is 7.51. The monoisotopic (exact) mass is 254 g/mol. The van der Waals surface area contributed by atoms with Gasteiger partial charge in [-0.25, -0.2) is 0 Å². The first-order valence-electron chi connectivity index (χ1n) is 7.51. The maximum Gasteiger partial charge on any atom is 0.0760 e. The molecular formula is C15H30N2O. The molecular weight excluding hydrogens is 224 g/mol. The van der Waals surface area contributed by atoms with Gasteiger partial charge < -0.3 is 10.1 Å². The van der Waals surface area contributed by atoms with E-state index >= 15 is 0 Å². The van der Waals surface area contributed by atoms with Gasteiger partial charge in [0.15, 0.2) is 0 Å². The number of morpholine rings is 1. The number of nitrogens with zero attached hydrogens (tertiary/aromatic N) is 1. The quantitative estimate of drug-likeness (QED) is 0.837. The highest BCUT2D eigenvalue weighted by Gasteiger charge is 2.43. The molecule has 2 atom stereocenters. The topological polar surface area (TPSA) is 24.5 Å². The standard InChI is InChI=1S/C15H30N2O/c1-6-16-12-8-7-9-13(12)17-10-14(2,3)18-15(4,5)11-17/h12-13,16H,6-11H2,1-5H3. The molecule has 3 nitrogen and oxygen atoms in total. The van der Waals surface area contributed by atoms with E-state index in [9.17, 15) is 0 Å². The highest BCUT2D eigenvalue weighted by molar-refractivity contribution is 4.97. The number of hydrogen-bond acceptors (Lipinski definition) is 3. The zero-order valence-electron chi connectivity index (χ0n) is 12.8. The number of rotatable bonds is 3. The fourth-order valence-corrected chi connectivity index (χ4v) is 3.96. The van der Waals surface area contributed by atoms with E-state index in [0.29, 0.717) is 12.1 Å². The van der Waals surface area contributed by atoms with E-state index in [1.54, 1.807) is 0 Å². The Labute approximate surface area is 112 Å². The molecule has 2 fully saturated rings. The third-order valence-corrected chi connectivity index (χ3v) is 4.14. The summed E-state index contributed by atoms with van der Waals surface area (Å²) < 4.78 is 6.18. The lowest BCUT2D eigenvalue weighted by Gasteiger charge is -2.50. The number of ether oxygens (including phenoxy) is 1. The third kappa shape index (κ3) is 3.25. The third-order valence-electron chi connectivity index (χ3n) is 4.14. The van der Waals surface area contributed by atoms with Crippen LogP contribution in [0, 0.1) is 0 Å². The van der Waals surface area contributed by atoms with Gasteiger partial charge in [0.25, 0.3) is 0 Å². The van der Waals surface area contributed by atoms with Gasteiger partial charge in [0, 0.05) is 25.2 Å². The summed E-state index contributed by atoms with van der Waals surface area (Å²) in [5, 5.41) is 3.66. The van der Waals surface area contributed by atoms with Gasteiger partial charge in [-0.1, -0.05) is 13.3 Å². The van der Waals surface area contributed by atoms with E-state index in [-0.39, 0.29) is 11.2 Å². The minimum absolute atomic E-state index is 0.0267. The van der Waals surface area contributed by atoms with Crippen LogP contribution < -0.4 is 5.32 Å². The van der Waals surface area contributed by atoms with Gasteiger partial charge in [0.2, 0.25) is 0 Å². The molecule has 1 aliphatic heterocycles. The first kappa shape index (κ1) is 14.3. The van der Waals surface area contributed by atoms with Crippen molar-refractivity contribution in [3.8, 4) is 0 Å². The van der Waals surface area contributed by atoms with Crippen LogP contribution in [0.2, 0.25) is 0 Å². The van der Waals surface area contributed by atoms with Gasteiger partial charge in [-0.15, -0.1) is 0 Å². The smallest absolute Gasteiger partial charge is 0.0760 e. The molecule has 0 amide bonds. The Bertz CT molecular complexity index is 272. The van der Waals surface area contributed by atoms with Crippen molar-refractivity contribution in [1.82, 2.24) is 10.2 Å². The Morgan fingerprint density at radius 1 is 1.11 bits per heavy atom. The average Bonchev–Trinajstić information content (AvgIpc) is 2.61. The van der Waals surface area contributed by atoms with E-state index < -0.39 is 0 Å². The molecule has 106 valence electrons. The fourth-order valence-electron chi connectivity index (χ4n) is 3.96. The lowest BCUT2D eigenvalue weighted by molar-refractivity contribution is -0.188. The predicted molar refractivity (Wildman–Crippen MR) is 75.9 cm³/mol. The molecule has 1 N–H and O–H groups in total. The Morgan fingerprint density at radius 3 is 2.28 bits per heavy atom. The molecule has 1 saturated carbocycles. The predicted octanol–water partition coefficient (Wildman–Crippen LogP) is 2.41. The van der Waals surface area contributed by atoms with Crippen molar-refractivity contribution in [3.05, 3.63) is 0 Å². The summed E-state index contributed by atoms with van der Waals surface area (Å²) >= 11 is 0. The Hall–Kier alpha value is -0.120. The number of hydrogen-bond donors (Lipinski definition) is 1. The molecule has 0 bridgehead atoms. The van der Waals surface area contributed by atoms with E-state index in [0.717, 1.165) is 19.6 Å². The molecule has 2 unspecified atom stereocenters. The van der Waals surface area contributed by atoms with Crippen molar-refractivity contribution >= 4 is 0 Å². The maximum absolute atomic E-state index is 6.18.